The zero-order chi connectivity index (χ0) is 14.9. The van der Waals surface area contributed by atoms with Crippen LogP contribution >= 0.6 is 23.5 Å². The number of carbonyl (C=O) groups excluding carboxylic acids is 1. The number of hydrogen-bond donors (Lipinski definition) is 0. The second kappa shape index (κ2) is 5.82. The van der Waals surface area contributed by atoms with Gasteiger partial charge < -0.3 is 0 Å². The van der Waals surface area contributed by atoms with Crippen molar-refractivity contribution >= 4 is 40.3 Å². The molecule has 0 amide bonds. The van der Waals surface area contributed by atoms with E-state index in [1.54, 1.807) is 22.5 Å². The molecule has 0 aliphatic carbocycles. The normalized spacial score (nSPS) is 21.3. The standard InChI is InChI=1S/C17H14N2OS2/c20-16(19-9-7-12-4-1-2-6-14(12)19)15-11-21-17(22-15)13-5-3-8-18-10-13/h1-10,15,17H,11H2. The maximum atomic E-state index is 12.8. The van der Waals surface area contributed by atoms with E-state index in [0.717, 1.165) is 16.7 Å². The van der Waals surface area contributed by atoms with Crippen molar-refractivity contribution in [3.05, 3.63) is 66.6 Å². The molecule has 110 valence electrons. The number of aromatic nitrogens is 2. The van der Waals surface area contributed by atoms with Gasteiger partial charge in [-0.3, -0.25) is 14.3 Å². The number of nitrogens with zero attached hydrogens (tertiary/aromatic N) is 2. The van der Waals surface area contributed by atoms with E-state index in [4.69, 9.17) is 0 Å². The van der Waals surface area contributed by atoms with Crippen LogP contribution in [0.5, 0.6) is 0 Å². The van der Waals surface area contributed by atoms with Gasteiger partial charge in [-0.05, 0) is 23.8 Å². The van der Waals surface area contributed by atoms with Crippen LogP contribution in [0.15, 0.2) is 61.1 Å². The Morgan fingerprint density at radius 2 is 2.09 bits per heavy atom. The Kier molecular flexibility index (Phi) is 3.68. The summed E-state index contributed by atoms with van der Waals surface area (Å²) in [6.45, 7) is 0. The summed E-state index contributed by atoms with van der Waals surface area (Å²) in [5, 5.41) is 1.10. The molecule has 2 unspecified atom stereocenters. The van der Waals surface area contributed by atoms with E-state index in [9.17, 15) is 4.79 Å². The Bertz CT molecular complexity index is 816. The van der Waals surface area contributed by atoms with Crippen molar-refractivity contribution in [2.45, 2.75) is 9.83 Å². The highest BCUT2D eigenvalue weighted by molar-refractivity contribution is 8.20. The number of pyridine rings is 1. The van der Waals surface area contributed by atoms with Gasteiger partial charge in [-0.1, -0.05) is 24.3 Å². The number of carbonyl (C=O) groups is 1. The van der Waals surface area contributed by atoms with E-state index in [2.05, 4.69) is 11.1 Å². The Morgan fingerprint density at radius 3 is 2.95 bits per heavy atom. The summed E-state index contributed by atoms with van der Waals surface area (Å²) >= 11 is 3.55. The molecule has 2 atom stereocenters. The smallest absolute Gasteiger partial charge is 0.245 e. The molecule has 0 bridgehead atoms. The number of thioether (sulfide) groups is 2. The van der Waals surface area contributed by atoms with Gasteiger partial charge in [0.25, 0.3) is 0 Å². The molecule has 0 radical (unpaired) electrons. The fourth-order valence-corrected chi connectivity index (χ4v) is 5.80. The predicted octanol–water partition coefficient (Wildman–Crippen LogP) is 4.22. The van der Waals surface area contributed by atoms with Gasteiger partial charge in [-0.15, -0.1) is 23.5 Å². The molecule has 0 spiro atoms. The summed E-state index contributed by atoms with van der Waals surface area (Å²) in [6.07, 6.45) is 5.56. The summed E-state index contributed by atoms with van der Waals surface area (Å²) in [4.78, 5) is 17.0. The monoisotopic (exact) mass is 326 g/mol. The van der Waals surface area contributed by atoms with E-state index in [1.165, 1.54) is 5.56 Å². The van der Waals surface area contributed by atoms with Crippen LogP contribution in [0.2, 0.25) is 0 Å². The highest BCUT2D eigenvalue weighted by Gasteiger charge is 2.33. The molecule has 1 aromatic carbocycles. The predicted molar refractivity (Wildman–Crippen MR) is 93.4 cm³/mol. The van der Waals surface area contributed by atoms with Gasteiger partial charge in [0.05, 0.1) is 15.3 Å². The molecule has 1 aliphatic heterocycles. The Hall–Kier alpha value is -1.72. The highest BCUT2D eigenvalue weighted by atomic mass is 32.2. The molecule has 3 aromatic rings. The minimum Gasteiger partial charge on any atom is -0.286 e. The van der Waals surface area contributed by atoms with Crippen molar-refractivity contribution < 1.29 is 4.79 Å². The minimum atomic E-state index is -0.00832. The lowest BCUT2D eigenvalue weighted by atomic mass is 10.2. The van der Waals surface area contributed by atoms with Gasteiger partial charge in [0.2, 0.25) is 5.91 Å². The maximum Gasteiger partial charge on any atom is 0.245 e. The van der Waals surface area contributed by atoms with Gasteiger partial charge in [0, 0.05) is 29.7 Å². The Labute approximate surface area is 137 Å². The third-order valence-electron chi connectivity index (χ3n) is 3.76. The van der Waals surface area contributed by atoms with E-state index < -0.39 is 0 Å². The van der Waals surface area contributed by atoms with Crippen molar-refractivity contribution in [1.82, 2.24) is 9.55 Å². The molecule has 3 nitrogen and oxygen atoms in total. The minimum absolute atomic E-state index is 0.00832. The summed E-state index contributed by atoms with van der Waals surface area (Å²) in [5.74, 6) is 1.01. The molecule has 3 heterocycles. The lowest BCUT2D eigenvalue weighted by Crippen LogP contribution is -2.23. The summed E-state index contributed by atoms with van der Waals surface area (Å²) in [5.41, 5.74) is 2.17. The summed E-state index contributed by atoms with van der Waals surface area (Å²) in [7, 11) is 0. The second-order valence-corrected chi connectivity index (χ2v) is 7.91. The lowest BCUT2D eigenvalue weighted by molar-refractivity contribution is 0.0922. The molecule has 1 saturated heterocycles. The first-order valence-electron chi connectivity index (χ1n) is 7.10. The number of para-hydroxylation sites is 1. The molecule has 5 heteroatoms. The zero-order valence-electron chi connectivity index (χ0n) is 11.8. The molecule has 0 N–H and O–H groups in total. The topological polar surface area (TPSA) is 34.9 Å². The number of rotatable bonds is 2. The molecular formula is C17H14N2OS2. The van der Waals surface area contributed by atoms with Crippen molar-refractivity contribution in [3.8, 4) is 0 Å². The highest BCUT2D eigenvalue weighted by Crippen LogP contribution is 2.49. The van der Waals surface area contributed by atoms with Crippen molar-refractivity contribution in [3.63, 3.8) is 0 Å². The van der Waals surface area contributed by atoms with Crippen molar-refractivity contribution in [2.24, 2.45) is 0 Å². The Balaban J connectivity index is 1.57. The van der Waals surface area contributed by atoms with Gasteiger partial charge in [0.1, 0.15) is 0 Å². The first-order chi connectivity index (χ1) is 10.8. The van der Waals surface area contributed by atoms with Crippen LogP contribution in [0.1, 0.15) is 14.9 Å². The third-order valence-corrected chi connectivity index (χ3v) is 7.03. The average Bonchev–Trinajstić information content (AvgIpc) is 3.22. The van der Waals surface area contributed by atoms with E-state index in [0.29, 0.717) is 4.58 Å². The van der Waals surface area contributed by atoms with E-state index in [1.807, 2.05) is 60.6 Å². The van der Waals surface area contributed by atoms with Crippen LogP contribution in [-0.4, -0.2) is 26.5 Å². The molecule has 1 aliphatic rings. The third kappa shape index (κ3) is 2.44. The van der Waals surface area contributed by atoms with Gasteiger partial charge in [-0.25, -0.2) is 0 Å². The van der Waals surface area contributed by atoms with E-state index >= 15 is 0 Å². The molecule has 2 aromatic heterocycles. The van der Waals surface area contributed by atoms with Crippen LogP contribution in [0.4, 0.5) is 0 Å². The fourth-order valence-electron chi connectivity index (χ4n) is 2.65. The number of hydrogen-bond acceptors (Lipinski definition) is 4. The quantitative estimate of drug-likeness (QED) is 0.706. The largest absolute Gasteiger partial charge is 0.286 e. The van der Waals surface area contributed by atoms with Crippen molar-refractivity contribution in [1.29, 1.82) is 0 Å². The first kappa shape index (κ1) is 13.9. The zero-order valence-corrected chi connectivity index (χ0v) is 13.4. The molecular weight excluding hydrogens is 312 g/mol. The molecule has 4 rings (SSSR count). The van der Waals surface area contributed by atoms with Crippen LogP contribution in [0.3, 0.4) is 0 Å². The lowest BCUT2D eigenvalue weighted by Gasteiger charge is -2.11. The fraction of sp³-hybridized carbons (Fsp3) is 0.176. The van der Waals surface area contributed by atoms with Crippen LogP contribution in [0.25, 0.3) is 10.9 Å². The Morgan fingerprint density at radius 1 is 1.18 bits per heavy atom. The van der Waals surface area contributed by atoms with Crippen LogP contribution in [0, 0.1) is 0 Å². The SMILES string of the molecule is O=C(C1CSC(c2cccnc2)S1)n1ccc2ccccc21. The van der Waals surface area contributed by atoms with E-state index in [-0.39, 0.29) is 11.2 Å². The van der Waals surface area contributed by atoms with Crippen molar-refractivity contribution in [2.75, 3.05) is 5.75 Å². The first-order valence-corrected chi connectivity index (χ1v) is 9.09. The summed E-state index contributed by atoms with van der Waals surface area (Å²) < 4.78 is 2.09. The van der Waals surface area contributed by atoms with Crippen LogP contribution < -0.4 is 0 Å². The molecule has 1 fully saturated rings. The second-order valence-electron chi connectivity index (χ2n) is 5.16. The number of benzene rings is 1. The average molecular weight is 326 g/mol. The van der Waals surface area contributed by atoms with Gasteiger partial charge in [-0.2, -0.15) is 0 Å². The van der Waals surface area contributed by atoms with Gasteiger partial charge >= 0.3 is 0 Å². The molecule has 22 heavy (non-hydrogen) atoms. The molecule has 0 saturated carbocycles. The maximum absolute atomic E-state index is 12.8. The van der Waals surface area contributed by atoms with Gasteiger partial charge in [0.15, 0.2) is 0 Å². The summed E-state index contributed by atoms with van der Waals surface area (Å²) in [6, 6.07) is 14.0. The van der Waals surface area contributed by atoms with Crippen LogP contribution in [-0.2, 0) is 0 Å². The number of fused-ring (bicyclic) bond motifs is 1.